The molecule has 2 rings (SSSR count). The monoisotopic (exact) mass is 254 g/mol. The third-order valence-electron chi connectivity index (χ3n) is 2.30. The zero-order valence-electron chi connectivity index (χ0n) is 9.28. The van der Waals surface area contributed by atoms with E-state index < -0.39 is 0 Å². The van der Waals surface area contributed by atoms with Crippen LogP contribution in [0.1, 0.15) is 6.92 Å². The van der Waals surface area contributed by atoms with E-state index in [0.717, 1.165) is 0 Å². The first-order valence-corrected chi connectivity index (χ1v) is 5.34. The predicted octanol–water partition coefficient (Wildman–Crippen LogP) is 0.553. The molecule has 0 saturated carbocycles. The minimum absolute atomic E-state index is 0.140. The van der Waals surface area contributed by atoms with Gasteiger partial charge in [-0.2, -0.15) is 9.97 Å². The molecule has 1 amide bonds. The number of hydrogen-bond donors (Lipinski definition) is 3. The molecular weight excluding hydrogens is 244 g/mol. The molecule has 90 valence electrons. The molecule has 2 aromatic rings. The SMILES string of the molecule is CNC(C)C(=O)Nc1nc(Cl)c2[nH]cnc2n1. The van der Waals surface area contributed by atoms with Crippen LogP contribution in [-0.4, -0.2) is 38.9 Å². The third-order valence-corrected chi connectivity index (χ3v) is 2.58. The largest absolute Gasteiger partial charge is 0.341 e. The Labute approximate surface area is 102 Å². The van der Waals surface area contributed by atoms with Gasteiger partial charge in [-0.15, -0.1) is 0 Å². The second-order valence-corrected chi connectivity index (χ2v) is 3.80. The molecular formula is C9H11ClN6O. The van der Waals surface area contributed by atoms with Gasteiger partial charge < -0.3 is 10.3 Å². The highest BCUT2D eigenvalue weighted by Gasteiger charge is 2.14. The summed E-state index contributed by atoms with van der Waals surface area (Å²) in [7, 11) is 1.69. The molecule has 0 aromatic carbocycles. The minimum Gasteiger partial charge on any atom is -0.341 e. The predicted molar refractivity (Wildman–Crippen MR) is 63.8 cm³/mol. The van der Waals surface area contributed by atoms with Gasteiger partial charge in [0.2, 0.25) is 11.9 Å². The Morgan fingerprint density at radius 1 is 1.53 bits per heavy atom. The van der Waals surface area contributed by atoms with Crippen molar-refractivity contribution in [1.82, 2.24) is 25.3 Å². The van der Waals surface area contributed by atoms with Crippen molar-refractivity contribution < 1.29 is 4.79 Å². The Hall–Kier alpha value is -1.73. The lowest BCUT2D eigenvalue weighted by molar-refractivity contribution is -0.117. The number of nitrogens with zero attached hydrogens (tertiary/aromatic N) is 3. The van der Waals surface area contributed by atoms with E-state index in [9.17, 15) is 4.79 Å². The summed E-state index contributed by atoms with van der Waals surface area (Å²) in [6.07, 6.45) is 1.47. The number of H-pyrrole nitrogens is 1. The van der Waals surface area contributed by atoms with Crippen LogP contribution in [0.3, 0.4) is 0 Å². The number of imidazole rings is 1. The summed E-state index contributed by atoms with van der Waals surface area (Å²) >= 11 is 5.91. The molecule has 7 nitrogen and oxygen atoms in total. The number of amides is 1. The van der Waals surface area contributed by atoms with E-state index in [2.05, 4.69) is 30.6 Å². The number of carbonyl (C=O) groups excluding carboxylic acids is 1. The molecule has 0 bridgehead atoms. The normalized spacial score (nSPS) is 12.6. The summed E-state index contributed by atoms with van der Waals surface area (Å²) in [5, 5.41) is 5.58. The summed E-state index contributed by atoms with van der Waals surface area (Å²) in [6, 6.07) is -0.341. The van der Waals surface area contributed by atoms with Crippen LogP contribution in [0, 0.1) is 0 Å². The number of hydrogen-bond acceptors (Lipinski definition) is 5. The second kappa shape index (κ2) is 4.64. The fraction of sp³-hybridized carbons (Fsp3) is 0.333. The molecule has 1 unspecified atom stereocenters. The Morgan fingerprint density at radius 2 is 2.29 bits per heavy atom. The Bertz CT molecular complexity index is 553. The van der Waals surface area contributed by atoms with Crippen LogP contribution in [0.4, 0.5) is 5.95 Å². The lowest BCUT2D eigenvalue weighted by Crippen LogP contribution is -2.36. The topological polar surface area (TPSA) is 95.6 Å². The number of halogens is 1. The van der Waals surface area contributed by atoms with Gasteiger partial charge in [0.05, 0.1) is 12.4 Å². The highest BCUT2D eigenvalue weighted by molar-refractivity contribution is 6.33. The fourth-order valence-electron chi connectivity index (χ4n) is 1.20. The summed E-state index contributed by atoms with van der Waals surface area (Å²) in [4.78, 5) is 26.4. The maximum Gasteiger partial charge on any atom is 0.243 e. The van der Waals surface area contributed by atoms with Gasteiger partial charge in [0, 0.05) is 0 Å². The zero-order chi connectivity index (χ0) is 12.4. The maximum atomic E-state index is 11.6. The molecule has 3 N–H and O–H groups in total. The van der Waals surface area contributed by atoms with Gasteiger partial charge in [0.25, 0.3) is 0 Å². The molecule has 2 aromatic heterocycles. The number of likely N-dealkylation sites (N-methyl/N-ethyl adjacent to an activating group) is 1. The third kappa shape index (κ3) is 2.34. The Kier molecular flexibility index (Phi) is 3.21. The number of aromatic nitrogens is 4. The molecule has 0 spiro atoms. The average molecular weight is 255 g/mol. The lowest BCUT2D eigenvalue weighted by atomic mass is 10.3. The van der Waals surface area contributed by atoms with E-state index in [1.165, 1.54) is 6.33 Å². The van der Waals surface area contributed by atoms with Gasteiger partial charge in [0.1, 0.15) is 5.52 Å². The molecule has 1 atom stereocenters. The molecule has 0 fully saturated rings. The molecule has 17 heavy (non-hydrogen) atoms. The quantitative estimate of drug-likeness (QED) is 0.696. The van der Waals surface area contributed by atoms with Gasteiger partial charge in [-0.05, 0) is 14.0 Å². The highest BCUT2D eigenvalue weighted by atomic mass is 35.5. The molecule has 8 heteroatoms. The average Bonchev–Trinajstić information content (AvgIpc) is 2.76. The summed E-state index contributed by atoms with van der Waals surface area (Å²) in [6.45, 7) is 1.73. The summed E-state index contributed by atoms with van der Waals surface area (Å²) in [5.41, 5.74) is 0.962. The van der Waals surface area contributed by atoms with E-state index in [0.29, 0.717) is 11.2 Å². The summed E-state index contributed by atoms with van der Waals surface area (Å²) in [5.74, 6) is -0.0971. The van der Waals surface area contributed by atoms with E-state index in [4.69, 9.17) is 11.6 Å². The van der Waals surface area contributed by atoms with Crippen molar-refractivity contribution in [1.29, 1.82) is 0 Å². The van der Waals surface area contributed by atoms with Crippen molar-refractivity contribution in [3.63, 3.8) is 0 Å². The maximum absolute atomic E-state index is 11.6. The minimum atomic E-state index is -0.341. The first-order chi connectivity index (χ1) is 8.11. The van der Waals surface area contributed by atoms with Gasteiger partial charge in [-0.3, -0.25) is 10.1 Å². The van der Waals surface area contributed by atoms with E-state index >= 15 is 0 Å². The first-order valence-electron chi connectivity index (χ1n) is 4.96. The molecule has 2 heterocycles. The number of rotatable bonds is 3. The molecule has 0 saturated heterocycles. The van der Waals surface area contributed by atoms with Gasteiger partial charge in [-0.25, -0.2) is 4.98 Å². The first kappa shape index (κ1) is 11.7. The lowest BCUT2D eigenvalue weighted by Gasteiger charge is -2.09. The molecule has 0 aliphatic rings. The summed E-state index contributed by atoms with van der Waals surface area (Å²) < 4.78 is 0. The van der Waals surface area contributed by atoms with Crippen molar-refractivity contribution in [2.24, 2.45) is 0 Å². The van der Waals surface area contributed by atoms with Crippen molar-refractivity contribution in [2.75, 3.05) is 12.4 Å². The number of carbonyl (C=O) groups is 1. The van der Waals surface area contributed by atoms with Crippen LogP contribution in [0.15, 0.2) is 6.33 Å². The van der Waals surface area contributed by atoms with Crippen LogP contribution in [-0.2, 0) is 4.79 Å². The molecule has 0 radical (unpaired) electrons. The molecule has 0 aliphatic heterocycles. The smallest absolute Gasteiger partial charge is 0.243 e. The van der Waals surface area contributed by atoms with Crippen LogP contribution in [0.25, 0.3) is 11.2 Å². The van der Waals surface area contributed by atoms with Crippen molar-refractivity contribution in [2.45, 2.75) is 13.0 Å². The molecule has 0 aliphatic carbocycles. The zero-order valence-corrected chi connectivity index (χ0v) is 10.0. The van der Waals surface area contributed by atoms with E-state index in [1.54, 1.807) is 14.0 Å². The number of anilines is 1. The number of aromatic amines is 1. The van der Waals surface area contributed by atoms with Gasteiger partial charge in [-0.1, -0.05) is 11.6 Å². The number of fused-ring (bicyclic) bond motifs is 1. The number of nitrogens with one attached hydrogen (secondary N) is 3. The van der Waals surface area contributed by atoms with Gasteiger partial charge >= 0.3 is 0 Å². The fourth-order valence-corrected chi connectivity index (χ4v) is 1.42. The Balaban J connectivity index is 2.27. The van der Waals surface area contributed by atoms with Crippen molar-refractivity contribution in [3.05, 3.63) is 11.5 Å². The van der Waals surface area contributed by atoms with E-state index in [1.807, 2.05) is 0 Å². The van der Waals surface area contributed by atoms with Crippen LogP contribution in [0.2, 0.25) is 5.15 Å². The van der Waals surface area contributed by atoms with Crippen LogP contribution >= 0.6 is 11.6 Å². The Morgan fingerprint density at radius 3 is 3.00 bits per heavy atom. The second-order valence-electron chi connectivity index (χ2n) is 3.44. The standard InChI is InChI=1S/C9H11ClN6O/c1-4(11-2)8(17)16-9-14-6(10)5-7(15-9)13-3-12-5/h3-4,11H,1-2H3,(H2,12,13,14,15,16,17). The van der Waals surface area contributed by atoms with Crippen LogP contribution in [0.5, 0.6) is 0 Å². The van der Waals surface area contributed by atoms with Gasteiger partial charge in [0.15, 0.2) is 10.8 Å². The van der Waals surface area contributed by atoms with E-state index in [-0.39, 0.29) is 23.1 Å². The van der Waals surface area contributed by atoms with Crippen molar-refractivity contribution >= 4 is 34.6 Å². The van der Waals surface area contributed by atoms with Crippen LogP contribution < -0.4 is 10.6 Å². The van der Waals surface area contributed by atoms with Crippen molar-refractivity contribution in [3.8, 4) is 0 Å². The highest BCUT2D eigenvalue weighted by Crippen LogP contribution is 2.18.